The normalized spacial score (nSPS) is 18.2. The van der Waals surface area contributed by atoms with Crippen LogP contribution < -0.4 is 5.32 Å². The summed E-state index contributed by atoms with van der Waals surface area (Å²) in [7, 11) is 1.71. The molecule has 1 saturated heterocycles. The Hall–Kier alpha value is -0.160. The zero-order valence-corrected chi connectivity index (χ0v) is 9.67. The highest BCUT2D eigenvalue weighted by Gasteiger charge is 2.11. The molecular formula is C11H23NO3. The van der Waals surface area contributed by atoms with E-state index in [4.69, 9.17) is 14.2 Å². The molecule has 0 aromatic heterocycles. The first-order valence-corrected chi connectivity index (χ1v) is 5.81. The van der Waals surface area contributed by atoms with E-state index in [-0.39, 0.29) is 0 Å². The molecule has 0 aromatic carbocycles. The summed E-state index contributed by atoms with van der Waals surface area (Å²) in [6, 6.07) is 0.626. The minimum atomic E-state index is 0.626. The van der Waals surface area contributed by atoms with Crippen LogP contribution in [0.5, 0.6) is 0 Å². The molecular weight excluding hydrogens is 194 g/mol. The Morgan fingerprint density at radius 1 is 1.20 bits per heavy atom. The van der Waals surface area contributed by atoms with Crippen molar-refractivity contribution in [2.24, 2.45) is 0 Å². The van der Waals surface area contributed by atoms with Gasteiger partial charge in [-0.3, -0.25) is 0 Å². The lowest BCUT2D eigenvalue weighted by Gasteiger charge is -2.23. The van der Waals surface area contributed by atoms with E-state index in [9.17, 15) is 0 Å². The van der Waals surface area contributed by atoms with Crippen molar-refractivity contribution >= 4 is 0 Å². The van der Waals surface area contributed by atoms with Crippen molar-refractivity contribution in [3.8, 4) is 0 Å². The third kappa shape index (κ3) is 6.84. The van der Waals surface area contributed by atoms with Gasteiger partial charge in [-0.2, -0.15) is 0 Å². The minimum Gasteiger partial charge on any atom is -0.385 e. The first kappa shape index (κ1) is 12.9. The van der Waals surface area contributed by atoms with E-state index >= 15 is 0 Å². The number of hydrogen-bond donors (Lipinski definition) is 1. The van der Waals surface area contributed by atoms with Crippen LogP contribution in [0.15, 0.2) is 0 Å². The van der Waals surface area contributed by atoms with Gasteiger partial charge in [0.1, 0.15) is 0 Å². The van der Waals surface area contributed by atoms with Crippen LogP contribution in [0.4, 0.5) is 0 Å². The second-order valence-electron chi connectivity index (χ2n) is 3.80. The molecule has 1 fully saturated rings. The third-order valence-electron chi connectivity index (χ3n) is 2.54. The lowest BCUT2D eigenvalue weighted by atomic mass is 10.1. The zero-order chi connectivity index (χ0) is 10.8. The number of rotatable bonds is 8. The van der Waals surface area contributed by atoms with Gasteiger partial charge in [-0.05, 0) is 19.3 Å². The van der Waals surface area contributed by atoms with Gasteiger partial charge in [0.15, 0.2) is 0 Å². The molecule has 0 atom stereocenters. The van der Waals surface area contributed by atoms with E-state index in [1.807, 2.05) is 0 Å². The van der Waals surface area contributed by atoms with E-state index in [0.29, 0.717) is 6.04 Å². The molecule has 0 unspecified atom stereocenters. The van der Waals surface area contributed by atoms with E-state index in [0.717, 1.165) is 58.8 Å². The predicted molar refractivity (Wildman–Crippen MR) is 59.2 cm³/mol. The van der Waals surface area contributed by atoms with Crippen molar-refractivity contribution in [3.63, 3.8) is 0 Å². The van der Waals surface area contributed by atoms with Crippen LogP contribution in [0.2, 0.25) is 0 Å². The van der Waals surface area contributed by atoms with Gasteiger partial charge in [-0.15, -0.1) is 0 Å². The van der Waals surface area contributed by atoms with Crippen LogP contribution in [0.1, 0.15) is 19.3 Å². The fourth-order valence-electron chi connectivity index (χ4n) is 1.64. The molecule has 4 nitrogen and oxygen atoms in total. The maximum Gasteiger partial charge on any atom is 0.0591 e. The quantitative estimate of drug-likeness (QED) is 0.611. The molecule has 0 amide bonds. The smallest absolute Gasteiger partial charge is 0.0591 e. The summed E-state index contributed by atoms with van der Waals surface area (Å²) in [5.41, 5.74) is 0. The van der Waals surface area contributed by atoms with Crippen molar-refractivity contribution in [1.29, 1.82) is 0 Å². The first-order chi connectivity index (χ1) is 7.43. The maximum atomic E-state index is 5.45. The molecule has 0 bridgehead atoms. The van der Waals surface area contributed by atoms with Crippen molar-refractivity contribution in [3.05, 3.63) is 0 Å². The summed E-state index contributed by atoms with van der Waals surface area (Å²) in [4.78, 5) is 0. The van der Waals surface area contributed by atoms with Crippen molar-refractivity contribution in [1.82, 2.24) is 5.32 Å². The summed E-state index contributed by atoms with van der Waals surface area (Å²) in [5, 5.41) is 3.48. The van der Waals surface area contributed by atoms with Gasteiger partial charge in [0.2, 0.25) is 0 Å². The topological polar surface area (TPSA) is 39.7 Å². The first-order valence-electron chi connectivity index (χ1n) is 5.81. The lowest BCUT2D eigenvalue weighted by molar-refractivity contribution is 0.0706. The van der Waals surface area contributed by atoms with E-state index < -0.39 is 0 Å². The second-order valence-corrected chi connectivity index (χ2v) is 3.80. The Morgan fingerprint density at radius 2 is 2.00 bits per heavy atom. The van der Waals surface area contributed by atoms with E-state index in [1.165, 1.54) is 0 Å². The monoisotopic (exact) mass is 217 g/mol. The minimum absolute atomic E-state index is 0.626. The van der Waals surface area contributed by atoms with Crippen LogP contribution in [-0.4, -0.2) is 52.7 Å². The molecule has 90 valence electrons. The Labute approximate surface area is 92.3 Å². The van der Waals surface area contributed by atoms with Gasteiger partial charge in [0.05, 0.1) is 6.61 Å². The maximum absolute atomic E-state index is 5.45. The van der Waals surface area contributed by atoms with Gasteiger partial charge in [-0.25, -0.2) is 0 Å². The van der Waals surface area contributed by atoms with Crippen molar-refractivity contribution < 1.29 is 14.2 Å². The third-order valence-corrected chi connectivity index (χ3v) is 2.54. The van der Waals surface area contributed by atoms with Crippen LogP contribution >= 0.6 is 0 Å². The molecule has 0 aromatic rings. The predicted octanol–water partition coefficient (Wildman–Crippen LogP) is 0.808. The number of methoxy groups -OCH3 is 1. The highest BCUT2D eigenvalue weighted by atomic mass is 16.5. The molecule has 15 heavy (non-hydrogen) atoms. The number of hydrogen-bond acceptors (Lipinski definition) is 4. The van der Waals surface area contributed by atoms with Gasteiger partial charge in [-0.1, -0.05) is 0 Å². The van der Waals surface area contributed by atoms with Crippen LogP contribution in [0.3, 0.4) is 0 Å². The van der Waals surface area contributed by atoms with E-state index in [2.05, 4.69) is 5.32 Å². The molecule has 1 aliphatic heterocycles. The molecule has 4 heteroatoms. The zero-order valence-electron chi connectivity index (χ0n) is 9.67. The second kappa shape index (κ2) is 9.09. The lowest BCUT2D eigenvalue weighted by Crippen LogP contribution is -2.36. The summed E-state index contributed by atoms with van der Waals surface area (Å²) < 4.78 is 15.7. The standard InChI is InChI=1S/C11H23NO3/c1-13-6-2-7-14-10-5-12-11-3-8-15-9-4-11/h11-12H,2-10H2,1H3. The Bertz CT molecular complexity index is 138. The fourth-order valence-corrected chi connectivity index (χ4v) is 1.64. The van der Waals surface area contributed by atoms with Gasteiger partial charge in [0.25, 0.3) is 0 Å². The van der Waals surface area contributed by atoms with Crippen molar-refractivity contribution in [2.75, 3.05) is 46.7 Å². The van der Waals surface area contributed by atoms with E-state index in [1.54, 1.807) is 7.11 Å². The Balaban J connectivity index is 1.79. The number of nitrogens with one attached hydrogen (secondary N) is 1. The largest absolute Gasteiger partial charge is 0.385 e. The Morgan fingerprint density at radius 3 is 2.73 bits per heavy atom. The summed E-state index contributed by atoms with van der Waals surface area (Å²) in [6.07, 6.45) is 3.24. The molecule has 0 saturated carbocycles. The van der Waals surface area contributed by atoms with Gasteiger partial charge in [0, 0.05) is 46.1 Å². The Kier molecular flexibility index (Phi) is 7.83. The molecule has 1 heterocycles. The van der Waals surface area contributed by atoms with Crippen LogP contribution in [0.25, 0.3) is 0 Å². The van der Waals surface area contributed by atoms with Crippen LogP contribution in [-0.2, 0) is 14.2 Å². The summed E-state index contributed by atoms with van der Waals surface area (Å²) in [5.74, 6) is 0. The molecule has 0 spiro atoms. The fraction of sp³-hybridized carbons (Fsp3) is 1.00. The highest BCUT2D eigenvalue weighted by molar-refractivity contribution is 4.69. The molecule has 1 aliphatic rings. The molecule has 1 rings (SSSR count). The van der Waals surface area contributed by atoms with Gasteiger partial charge >= 0.3 is 0 Å². The SMILES string of the molecule is COCCCOCCNC1CCOCC1. The average Bonchev–Trinajstić information content (AvgIpc) is 2.29. The number of ether oxygens (including phenoxy) is 3. The summed E-state index contributed by atoms with van der Waals surface area (Å²) in [6.45, 7) is 5.11. The highest BCUT2D eigenvalue weighted by Crippen LogP contribution is 2.05. The average molecular weight is 217 g/mol. The van der Waals surface area contributed by atoms with Crippen LogP contribution in [0, 0.1) is 0 Å². The molecule has 0 radical (unpaired) electrons. The van der Waals surface area contributed by atoms with Gasteiger partial charge < -0.3 is 19.5 Å². The molecule has 0 aliphatic carbocycles. The van der Waals surface area contributed by atoms with Crippen molar-refractivity contribution in [2.45, 2.75) is 25.3 Å². The molecule has 1 N–H and O–H groups in total. The summed E-state index contributed by atoms with van der Waals surface area (Å²) >= 11 is 0.